The van der Waals surface area contributed by atoms with Crippen LogP contribution in [0.5, 0.6) is 0 Å². The van der Waals surface area contributed by atoms with E-state index in [0.29, 0.717) is 13.0 Å². The van der Waals surface area contributed by atoms with Gasteiger partial charge in [0, 0.05) is 32.7 Å². The Morgan fingerprint density at radius 3 is 2.66 bits per heavy atom. The van der Waals surface area contributed by atoms with E-state index in [1.165, 1.54) is 7.11 Å². The molecule has 2 N–H and O–H groups in total. The fraction of sp³-hybridized carbons (Fsp3) is 0.864. The van der Waals surface area contributed by atoms with E-state index in [2.05, 4.69) is 25.2 Å². The maximum atomic E-state index is 12.8. The zero-order chi connectivity index (χ0) is 21.8. The fourth-order valence-electron chi connectivity index (χ4n) is 5.74. The van der Waals surface area contributed by atoms with Crippen molar-refractivity contribution in [2.45, 2.75) is 65.0 Å². The Bertz CT molecular complexity index is 634. The summed E-state index contributed by atoms with van der Waals surface area (Å²) in [7, 11) is 3.22. The second kappa shape index (κ2) is 9.90. The van der Waals surface area contributed by atoms with Gasteiger partial charge in [-0.05, 0) is 48.9 Å². The lowest BCUT2D eigenvalue weighted by Crippen LogP contribution is -2.58. The number of fused-ring (bicyclic) bond motifs is 1. The van der Waals surface area contributed by atoms with Gasteiger partial charge in [0.2, 0.25) is 11.8 Å². The van der Waals surface area contributed by atoms with E-state index in [9.17, 15) is 14.7 Å². The van der Waals surface area contributed by atoms with Crippen LogP contribution in [0.4, 0.5) is 0 Å². The number of aliphatic hydroxyl groups is 1. The smallest absolute Gasteiger partial charge is 0.246 e. The third kappa shape index (κ3) is 5.10. The summed E-state index contributed by atoms with van der Waals surface area (Å²) in [5.41, 5.74) is 0.0211. The molecule has 0 radical (unpaired) electrons. The molecule has 7 atom stereocenters. The van der Waals surface area contributed by atoms with Gasteiger partial charge >= 0.3 is 0 Å². The highest BCUT2D eigenvalue weighted by Crippen LogP contribution is 2.55. The summed E-state index contributed by atoms with van der Waals surface area (Å²) in [4.78, 5) is 26.5. The lowest BCUT2D eigenvalue weighted by molar-refractivity contribution is -0.150. The number of amides is 2. The van der Waals surface area contributed by atoms with Crippen LogP contribution < -0.4 is 5.32 Å². The molecule has 0 aromatic heterocycles. The Balaban J connectivity index is 2.13. The summed E-state index contributed by atoms with van der Waals surface area (Å²) >= 11 is 0. The average molecular weight is 408 g/mol. The van der Waals surface area contributed by atoms with Crippen LogP contribution in [0.15, 0.2) is 0 Å². The number of hydrogen-bond donors (Lipinski definition) is 2. The molecule has 0 saturated heterocycles. The number of hydrogen-bond acceptors (Lipinski definition) is 5. The molecule has 0 aliphatic heterocycles. The molecule has 1 unspecified atom stereocenters. The van der Waals surface area contributed by atoms with Gasteiger partial charge in [-0.15, -0.1) is 0 Å². The number of rotatable bonds is 7. The molecule has 0 aromatic carbocycles. The molecule has 2 aliphatic rings. The standard InChI is InChI=1S/C22H37N3O4/c1-14(21(28)25(4)12-6-11-23)16-7-9-22(3)10-8-17(24-18(26)13-29-5)15(2)19(22)20(16)27/h14-17,19-20,27H,6-10,12-13H2,1-5H3,(H,24,26)/t14-,15+,16?,17-,19+,20-,22-/m0/s1. The van der Waals surface area contributed by atoms with E-state index in [1.807, 2.05) is 6.92 Å². The predicted molar refractivity (Wildman–Crippen MR) is 110 cm³/mol. The Morgan fingerprint density at radius 2 is 2.03 bits per heavy atom. The van der Waals surface area contributed by atoms with Crippen LogP contribution in [0.1, 0.15) is 52.9 Å². The molecule has 29 heavy (non-hydrogen) atoms. The van der Waals surface area contributed by atoms with Crippen molar-refractivity contribution in [3.05, 3.63) is 0 Å². The van der Waals surface area contributed by atoms with Crippen molar-refractivity contribution >= 4 is 11.8 Å². The Kier molecular flexibility index (Phi) is 8.07. The quantitative estimate of drug-likeness (QED) is 0.671. The number of carbonyl (C=O) groups is 2. The van der Waals surface area contributed by atoms with Gasteiger partial charge < -0.3 is 20.1 Å². The van der Waals surface area contributed by atoms with Gasteiger partial charge in [-0.2, -0.15) is 5.26 Å². The third-order valence-corrected chi connectivity index (χ3v) is 7.48. The first-order valence-corrected chi connectivity index (χ1v) is 10.7. The Morgan fingerprint density at radius 1 is 1.38 bits per heavy atom. The first-order chi connectivity index (χ1) is 13.7. The van der Waals surface area contributed by atoms with Crippen LogP contribution >= 0.6 is 0 Å². The number of aliphatic hydroxyl groups excluding tert-OH is 1. The maximum Gasteiger partial charge on any atom is 0.246 e. The summed E-state index contributed by atoms with van der Waals surface area (Å²) in [6.45, 7) is 6.70. The van der Waals surface area contributed by atoms with Crippen LogP contribution in [0.3, 0.4) is 0 Å². The van der Waals surface area contributed by atoms with Crippen molar-refractivity contribution in [1.82, 2.24) is 10.2 Å². The van der Waals surface area contributed by atoms with E-state index in [1.54, 1.807) is 11.9 Å². The van der Waals surface area contributed by atoms with Gasteiger partial charge in [-0.25, -0.2) is 0 Å². The number of ether oxygens (including phenoxy) is 1. The van der Waals surface area contributed by atoms with Gasteiger partial charge in [0.1, 0.15) is 6.61 Å². The molecule has 2 amide bonds. The maximum absolute atomic E-state index is 12.8. The lowest BCUT2D eigenvalue weighted by Gasteiger charge is -2.56. The molecular formula is C22H37N3O4. The van der Waals surface area contributed by atoms with Crippen molar-refractivity contribution in [1.29, 1.82) is 5.26 Å². The Labute approximate surface area is 174 Å². The van der Waals surface area contributed by atoms with Crippen LogP contribution in [0.25, 0.3) is 0 Å². The molecule has 2 fully saturated rings. The molecule has 0 spiro atoms. The fourth-order valence-corrected chi connectivity index (χ4v) is 5.74. The first-order valence-electron chi connectivity index (χ1n) is 10.7. The van der Waals surface area contributed by atoms with Crippen LogP contribution in [0, 0.1) is 40.4 Å². The number of nitriles is 1. The second-order valence-corrected chi connectivity index (χ2v) is 9.33. The van der Waals surface area contributed by atoms with E-state index in [4.69, 9.17) is 10.00 Å². The lowest BCUT2D eigenvalue weighted by atomic mass is 9.51. The van der Waals surface area contributed by atoms with Crippen molar-refractivity contribution in [3.8, 4) is 6.07 Å². The zero-order valence-electron chi connectivity index (χ0n) is 18.5. The third-order valence-electron chi connectivity index (χ3n) is 7.48. The Hall–Kier alpha value is -1.65. The summed E-state index contributed by atoms with van der Waals surface area (Å²) in [6, 6.07) is 2.08. The molecule has 2 saturated carbocycles. The molecule has 7 heteroatoms. The number of carbonyl (C=O) groups excluding carboxylic acids is 2. The summed E-state index contributed by atoms with van der Waals surface area (Å²) in [5, 5.41) is 23.2. The SMILES string of the molecule is COCC(=O)N[C@H]1CC[C@]2(C)CCC([C@H](C)C(=O)N(C)CCC#N)[C@H](O)[C@H]2[C@@H]1C. The molecule has 2 aliphatic carbocycles. The minimum absolute atomic E-state index is 0.00781. The molecule has 7 nitrogen and oxygen atoms in total. The normalized spacial score (nSPS) is 35.1. The van der Waals surface area contributed by atoms with Crippen molar-refractivity contribution in [2.75, 3.05) is 27.3 Å². The van der Waals surface area contributed by atoms with Crippen molar-refractivity contribution in [2.24, 2.45) is 29.1 Å². The highest BCUT2D eigenvalue weighted by molar-refractivity contribution is 5.78. The predicted octanol–water partition coefficient (Wildman–Crippen LogP) is 1.95. The van der Waals surface area contributed by atoms with E-state index >= 15 is 0 Å². The van der Waals surface area contributed by atoms with E-state index in [0.717, 1.165) is 25.7 Å². The average Bonchev–Trinajstić information content (AvgIpc) is 2.67. The highest BCUT2D eigenvalue weighted by Gasteiger charge is 2.54. The van der Waals surface area contributed by atoms with E-state index in [-0.39, 0.29) is 53.5 Å². The minimum Gasteiger partial charge on any atom is -0.392 e. The van der Waals surface area contributed by atoms with Crippen molar-refractivity contribution in [3.63, 3.8) is 0 Å². The van der Waals surface area contributed by atoms with Gasteiger partial charge in [-0.1, -0.05) is 20.8 Å². The number of nitrogens with one attached hydrogen (secondary N) is 1. The molecule has 2 rings (SSSR count). The summed E-state index contributed by atoms with van der Waals surface area (Å²) in [5.74, 6) is -0.401. The summed E-state index contributed by atoms with van der Waals surface area (Å²) in [6.07, 6.45) is 3.36. The van der Waals surface area contributed by atoms with Gasteiger partial charge in [0.05, 0.1) is 18.6 Å². The van der Waals surface area contributed by atoms with Crippen LogP contribution in [0.2, 0.25) is 0 Å². The van der Waals surface area contributed by atoms with Gasteiger partial charge in [0.15, 0.2) is 0 Å². The second-order valence-electron chi connectivity index (χ2n) is 9.33. The van der Waals surface area contributed by atoms with Gasteiger partial charge in [0.25, 0.3) is 0 Å². The van der Waals surface area contributed by atoms with E-state index < -0.39 is 6.10 Å². The molecule has 0 aromatic rings. The van der Waals surface area contributed by atoms with Crippen LogP contribution in [-0.4, -0.2) is 61.3 Å². The molecule has 0 bridgehead atoms. The van der Waals surface area contributed by atoms with Crippen LogP contribution in [-0.2, 0) is 14.3 Å². The summed E-state index contributed by atoms with van der Waals surface area (Å²) < 4.78 is 4.93. The zero-order valence-corrected chi connectivity index (χ0v) is 18.5. The topological polar surface area (TPSA) is 103 Å². The number of nitrogens with zero attached hydrogens (tertiary/aromatic N) is 2. The van der Waals surface area contributed by atoms with Crippen molar-refractivity contribution < 1.29 is 19.4 Å². The monoisotopic (exact) mass is 407 g/mol. The van der Waals surface area contributed by atoms with Gasteiger partial charge in [-0.3, -0.25) is 9.59 Å². The molecular weight excluding hydrogens is 370 g/mol. The first kappa shape index (κ1) is 23.6. The minimum atomic E-state index is -0.589. The molecule has 164 valence electrons. The largest absolute Gasteiger partial charge is 0.392 e. The molecule has 0 heterocycles. The highest BCUT2D eigenvalue weighted by atomic mass is 16.5. The number of methoxy groups -OCH3 is 1.